The molecule has 0 fully saturated rings. The van der Waals surface area contributed by atoms with Gasteiger partial charge in [-0.25, -0.2) is 4.98 Å². The van der Waals surface area contributed by atoms with Gasteiger partial charge in [-0.1, -0.05) is 31.2 Å². The van der Waals surface area contributed by atoms with Gasteiger partial charge < -0.3 is 10.5 Å². The number of ether oxygens (including phenoxy) is 1. The zero-order chi connectivity index (χ0) is 19.3. The first-order valence-corrected chi connectivity index (χ1v) is 8.49. The molecule has 0 aliphatic carbocycles. The molecule has 138 valence electrons. The fourth-order valence-electron chi connectivity index (χ4n) is 2.60. The number of aromatic amines is 1. The highest BCUT2D eigenvalue weighted by Gasteiger charge is 2.20. The number of carbonyl (C=O) groups excluding carboxylic acids is 2. The van der Waals surface area contributed by atoms with Crippen molar-refractivity contribution in [3.8, 4) is 0 Å². The van der Waals surface area contributed by atoms with Crippen LogP contribution >= 0.6 is 0 Å². The average Bonchev–Trinajstić information content (AvgIpc) is 2.60. The Morgan fingerprint density at radius 3 is 2.50 bits per heavy atom. The van der Waals surface area contributed by atoms with Gasteiger partial charge in [-0.05, 0) is 32.3 Å². The third kappa shape index (κ3) is 4.78. The Morgan fingerprint density at radius 2 is 1.92 bits per heavy atom. The molecule has 2 aromatic rings. The van der Waals surface area contributed by atoms with E-state index in [0.29, 0.717) is 16.8 Å². The number of anilines is 1. The number of hydrogen-bond acceptors (Lipinski definition) is 6. The number of hydrogen-bond donors (Lipinski definition) is 2. The Labute approximate surface area is 151 Å². The largest absolute Gasteiger partial charge is 0.454 e. The van der Waals surface area contributed by atoms with E-state index in [1.807, 2.05) is 19.1 Å². The number of nitrogens with two attached hydrogens (primary N) is 1. The van der Waals surface area contributed by atoms with Crippen molar-refractivity contribution in [2.75, 3.05) is 5.73 Å². The van der Waals surface area contributed by atoms with Gasteiger partial charge in [0.25, 0.3) is 5.56 Å². The van der Waals surface area contributed by atoms with Gasteiger partial charge in [0.05, 0.1) is 0 Å². The Balaban J connectivity index is 1.94. The van der Waals surface area contributed by atoms with Crippen molar-refractivity contribution in [1.82, 2.24) is 9.97 Å². The van der Waals surface area contributed by atoms with E-state index < -0.39 is 12.1 Å². The molecule has 2 rings (SSSR count). The smallest absolute Gasteiger partial charge is 0.306 e. The number of esters is 1. The number of H-pyrrole nitrogens is 1. The molecule has 0 aliphatic rings. The zero-order valence-electron chi connectivity index (χ0n) is 15.2. The van der Waals surface area contributed by atoms with Crippen molar-refractivity contribution in [2.24, 2.45) is 0 Å². The van der Waals surface area contributed by atoms with E-state index in [2.05, 4.69) is 9.97 Å². The molecule has 0 amide bonds. The highest BCUT2D eigenvalue weighted by Crippen LogP contribution is 2.11. The van der Waals surface area contributed by atoms with Gasteiger partial charge in [0.1, 0.15) is 0 Å². The van der Waals surface area contributed by atoms with Crippen molar-refractivity contribution >= 4 is 17.7 Å². The van der Waals surface area contributed by atoms with Crippen LogP contribution in [0.4, 0.5) is 5.95 Å². The molecule has 7 heteroatoms. The van der Waals surface area contributed by atoms with Gasteiger partial charge in [0.15, 0.2) is 6.10 Å². The first kappa shape index (κ1) is 19.4. The first-order chi connectivity index (χ1) is 12.3. The van der Waals surface area contributed by atoms with E-state index in [9.17, 15) is 14.4 Å². The predicted octanol–water partition coefficient (Wildman–Crippen LogP) is 1.97. The van der Waals surface area contributed by atoms with Crippen LogP contribution < -0.4 is 11.3 Å². The number of aromatic nitrogens is 2. The highest BCUT2D eigenvalue weighted by atomic mass is 16.5. The number of rotatable bonds is 7. The number of nitrogen functional groups attached to an aromatic ring is 1. The van der Waals surface area contributed by atoms with Gasteiger partial charge in [-0.15, -0.1) is 0 Å². The maximum absolute atomic E-state index is 12.3. The minimum Gasteiger partial charge on any atom is -0.454 e. The lowest BCUT2D eigenvalue weighted by Crippen LogP contribution is -2.25. The van der Waals surface area contributed by atoms with Crippen molar-refractivity contribution in [2.45, 2.75) is 46.1 Å². The van der Waals surface area contributed by atoms with Crippen molar-refractivity contribution in [3.63, 3.8) is 0 Å². The predicted molar refractivity (Wildman–Crippen MR) is 98.0 cm³/mol. The van der Waals surface area contributed by atoms with Gasteiger partial charge in [0, 0.05) is 23.2 Å². The molecule has 1 atom stereocenters. The van der Waals surface area contributed by atoms with Crippen LogP contribution in [0.3, 0.4) is 0 Å². The van der Waals surface area contributed by atoms with E-state index in [1.165, 1.54) is 6.92 Å². The number of benzene rings is 1. The van der Waals surface area contributed by atoms with Crippen LogP contribution in [0.15, 0.2) is 29.1 Å². The van der Waals surface area contributed by atoms with Gasteiger partial charge in [0.2, 0.25) is 11.7 Å². The summed E-state index contributed by atoms with van der Waals surface area (Å²) in [7, 11) is 0. The summed E-state index contributed by atoms with van der Waals surface area (Å²) >= 11 is 0. The van der Waals surface area contributed by atoms with Crippen LogP contribution in [0.2, 0.25) is 0 Å². The average molecular weight is 357 g/mol. The van der Waals surface area contributed by atoms with Gasteiger partial charge in [-0.3, -0.25) is 19.4 Å². The Kier molecular flexibility index (Phi) is 6.27. The summed E-state index contributed by atoms with van der Waals surface area (Å²) < 4.78 is 5.20. The quantitative estimate of drug-likeness (QED) is 0.578. The molecule has 0 radical (unpaired) electrons. The molecule has 0 bridgehead atoms. The number of aryl methyl sites for hydroxylation is 2. The second-order valence-electron chi connectivity index (χ2n) is 6.06. The topological polar surface area (TPSA) is 115 Å². The summed E-state index contributed by atoms with van der Waals surface area (Å²) in [5, 5.41) is 0. The molecule has 1 unspecified atom stereocenters. The molecule has 26 heavy (non-hydrogen) atoms. The van der Waals surface area contributed by atoms with Gasteiger partial charge >= 0.3 is 5.97 Å². The van der Waals surface area contributed by atoms with Crippen molar-refractivity contribution < 1.29 is 14.3 Å². The van der Waals surface area contributed by atoms with E-state index in [4.69, 9.17) is 10.5 Å². The number of nitrogens with one attached hydrogen (secondary N) is 1. The molecule has 1 aromatic heterocycles. The maximum Gasteiger partial charge on any atom is 0.306 e. The highest BCUT2D eigenvalue weighted by molar-refractivity contribution is 6.00. The van der Waals surface area contributed by atoms with Crippen molar-refractivity contribution in [3.05, 3.63) is 57.0 Å². The second-order valence-corrected chi connectivity index (χ2v) is 6.06. The van der Waals surface area contributed by atoms with Crippen molar-refractivity contribution in [1.29, 1.82) is 0 Å². The van der Waals surface area contributed by atoms with Crippen LogP contribution in [0.1, 0.15) is 47.4 Å². The van der Waals surface area contributed by atoms with Crippen LogP contribution in [-0.4, -0.2) is 27.8 Å². The number of Topliss-reactive ketones (excluding diaryl/α,β-unsaturated/α-hetero) is 1. The number of nitrogens with zero attached hydrogens (tertiary/aromatic N) is 1. The van der Waals surface area contributed by atoms with Gasteiger partial charge in [-0.2, -0.15) is 0 Å². The molecule has 0 saturated carbocycles. The lowest BCUT2D eigenvalue weighted by Gasteiger charge is -2.13. The zero-order valence-corrected chi connectivity index (χ0v) is 15.2. The fraction of sp³-hybridized carbons (Fsp3) is 0.368. The molecule has 1 heterocycles. The molecule has 0 saturated heterocycles. The van der Waals surface area contributed by atoms with Crippen LogP contribution in [0.5, 0.6) is 0 Å². The summed E-state index contributed by atoms with van der Waals surface area (Å²) in [6.45, 7) is 5.22. The normalized spacial score (nSPS) is 11.8. The monoisotopic (exact) mass is 357 g/mol. The van der Waals surface area contributed by atoms with Crippen LogP contribution in [0, 0.1) is 6.92 Å². The van der Waals surface area contributed by atoms with E-state index >= 15 is 0 Å². The molecule has 1 aromatic carbocycles. The summed E-state index contributed by atoms with van der Waals surface area (Å²) in [6, 6.07) is 7.22. The SMILES string of the molecule is CCc1ccc(C(=O)C(C)OC(=O)CCc2c(C)nc(N)[nH]c2=O)cc1. The molecule has 3 N–H and O–H groups in total. The minimum absolute atomic E-state index is 0.0259. The summed E-state index contributed by atoms with van der Waals surface area (Å²) in [4.78, 5) is 42.6. The third-order valence-corrected chi connectivity index (χ3v) is 4.14. The summed E-state index contributed by atoms with van der Waals surface area (Å²) in [6.07, 6.45) is 0.137. The molecular formula is C19H23N3O4. The number of ketones is 1. The van der Waals surface area contributed by atoms with E-state index in [1.54, 1.807) is 19.1 Å². The molecular weight excluding hydrogens is 334 g/mol. The molecule has 7 nitrogen and oxygen atoms in total. The Bertz CT molecular complexity index is 856. The first-order valence-electron chi connectivity index (χ1n) is 8.49. The Morgan fingerprint density at radius 1 is 1.27 bits per heavy atom. The third-order valence-electron chi connectivity index (χ3n) is 4.14. The minimum atomic E-state index is -0.890. The number of carbonyl (C=O) groups is 2. The standard InChI is InChI=1S/C19H23N3O4/c1-4-13-5-7-14(8-6-13)17(24)12(3)26-16(23)10-9-15-11(2)21-19(20)22-18(15)25/h5-8,12H,4,9-10H2,1-3H3,(H3,20,21,22,25). The van der Waals surface area contributed by atoms with E-state index in [-0.39, 0.29) is 30.1 Å². The summed E-state index contributed by atoms with van der Waals surface area (Å²) in [5.74, 6) is -0.775. The molecule has 0 spiro atoms. The lowest BCUT2D eigenvalue weighted by molar-refractivity contribution is -0.146. The molecule has 0 aliphatic heterocycles. The fourth-order valence-corrected chi connectivity index (χ4v) is 2.60. The van der Waals surface area contributed by atoms with Crippen LogP contribution in [-0.2, 0) is 22.4 Å². The van der Waals surface area contributed by atoms with E-state index in [0.717, 1.165) is 12.0 Å². The Hall–Kier alpha value is -2.96. The second kappa shape index (κ2) is 8.42. The van der Waals surface area contributed by atoms with Crippen LogP contribution in [0.25, 0.3) is 0 Å². The summed E-state index contributed by atoms with van der Waals surface area (Å²) in [5.41, 5.74) is 7.57. The lowest BCUT2D eigenvalue weighted by atomic mass is 10.0. The maximum atomic E-state index is 12.3.